The number of carbonyl (C=O) groups is 1. The average Bonchev–Trinajstić information content (AvgIpc) is 3.14. The molecule has 4 nitrogen and oxygen atoms in total. The zero-order valence-corrected chi connectivity index (χ0v) is 20.0. The van der Waals surface area contributed by atoms with Crippen LogP contribution in [0, 0.1) is 0 Å². The molecule has 5 heteroatoms. The Kier molecular flexibility index (Phi) is 9.00. The van der Waals surface area contributed by atoms with E-state index in [9.17, 15) is 4.79 Å². The summed E-state index contributed by atoms with van der Waals surface area (Å²) >= 11 is -2.87. The van der Waals surface area contributed by atoms with Crippen molar-refractivity contribution in [1.82, 2.24) is 0 Å². The first kappa shape index (κ1) is 22.1. The van der Waals surface area contributed by atoms with E-state index in [4.69, 9.17) is 15.2 Å². The van der Waals surface area contributed by atoms with Crippen molar-refractivity contribution >= 4 is 30.4 Å². The van der Waals surface area contributed by atoms with Gasteiger partial charge in [-0.05, 0) is 0 Å². The number of fused-ring (bicyclic) bond motifs is 1. The summed E-state index contributed by atoms with van der Waals surface area (Å²) in [5, 5.41) is 0. The third-order valence-corrected chi connectivity index (χ3v) is 21.2. The topological polar surface area (TPSA) is 61.6 Å². The van der Waals surface area contributed by atoms with Crippen molar-refractivity contribution in [2.75, 3.05) is 6.79 Å². The van der Waals surface area contributed by atoms with Crippen LogP contribution < -0.4 is 15.2 Å². The van der Waals surface area contributed by atoms with Gasteiger partial charge in [-0.2, -0.15) is 0 Å². The number of carbonyl (C=O) groups excluding carboxylic acids is 1. The first-order valence-corrected chi connectivity index (χ1v) is 18.0. The van der Waals surface area contributed by atoms with Gasteiger partial charge < -0.3 is 0 Å². The third kappa shape index (κ3) is 5.90. The molecule has 0 aromatic heterocycles. The Labute approximate surface area is 168 Å². The van der Waals surface area contributed by atoms with E-state index in [0.29, 0.717) is 0 Å². The molecule has 27 heavy (non-hydrogen) atoms. The zero-order chi connectivity index (χ0) is 19.7. The van der Waals surface area contributed by atoms with Gasteiger partial charge in [-0.15, -0.1) is 0 Å². The molecule has 150 valence electrons. The number of unbranched alkanes of at least 4 members (excludes halogenated alkanes) is 3. The van der Waals surface area contributed by atoms with Gasteiger partial charge in [0.15, 0.2) is 0 Å². The van der Waals surface area contributed by atoms with E-state index < -0.39 is 18.4 Å². The summed E-state index contributed by atoms with van der Waals surface area (Å²) in [6, 6.07) is 5.90. The number of hydrogen-bond acceptors (Lipinski definition) is 3. The Hall–Kier alpha value is -1.17. The molecule has 0 atom stereocenters. The fourth-order valence-electron chi connectivity index (χ4n) is 3.98. The van der Waals surface area contributed by atoms with Crippen LogP contribution in [0.1, 0.15) is 64.9 Å². The van der Waals surface area contributed by atoms with Gasteiger partial charge in [0.1, 0.15) is 0 Å². The van der Waals surface area contributed by atoms with Crippen LogP contribution in [0.5, 0.6) is 11.5 Å². The Bertz CT molecular complexity index is 635. The first-order valence-electron chi connectivity index (χ1n) is 10.5. The maximum atomic E-state index is 12.6. The van der Waals surface area contributed by atoms with E-state index >= 15 is 0 Å². The molecule has 1 aromatic rings. The molecule has 1 amide bonds. The molecular weight excluding hydrogens is 445 g/mol. The van der Waals surface area contributed by atoms with Crippen molar-refractivity contribution in [3.05, 3.63) is 27.4 Å². The third-order valence-electron chi connectivity index (χ3n) is 5.57. The van der Waals surface area contributed by atoms with E-state index in [1.807, 2.05) is 18.2 Å². The minimum atomic E-state index is -2.87. The Balaban J connectivity index is 2.45. The predicted octanol–water partition coefficient (Wildman–Crippen LogP) is 5.67. The van der Waals surface area contributed by atoms with Gasteiger partial charge in [0, 0.05) is 0 Å². The molecule has 1 aliphatic heterocycles. The van der Waals surface area contributed by atoms with Crippen molar-refractivity contribution in [2.45, 2.75) is 72.6 Å². The van der Waals surface area contributed by atoms with Gasteiger partial charge in [0.25, 0.3) is 0 Å². The van der Waals surface area contributed by atoms with Crippen LogP contribution in [0.4, 0.5) is 0 Å². The molecule has 0 unspecified atom stereocenters. The fraction of sp³-hybridized carbons (Fsp3) is 0.591. The second-order valence-electron chi connectivity index (χ2n) is 7.63. The van der Waals surface area contributed by atoms with E-state index in [0.717, 1.165) is 20.7 Å². The van der Waals surface area contributed by atoms with Crippen LogP contribution >= 0.6 is 0 Å². The SMILES string of the molecule is CCC[CH2][Sn]([CH2]CCC)([CH2]CCC)/[C](=C/c1ccc2c(c1)OCO2)C(N)=O. The molecule has 0 saturated heterocycles. The van der Waals surface area contributed by atoms with Crippen molar-refractivity contribution in [3.63, 3.8) is 0 Å². The number of nitrogens with two attached hydrogens (primary N) is 1. The summed E-state index contributed by atoms with van der Waals surface area (Å²) in [7, 11) is 0. The van der Waals surface area contributed by atoms with Crippen molar-refractivity contribution in [1.29, 1.82) is 0 Å². The molecule has 2 rings (SSSR count). The van der Waals surface area contributed by atoms with E-state index in [2.05, 4.69) is 26.8 Å². The van der Waals surface area contributed by atoms with Crippen molar-refractivity contribution in [2.24, 2.45) is 5.73 Å². The molecule has 0 bridgehead atoms. The van der Waals surface area contributed by atoms with Crippen molar-refractivity contribution < 1.29 is 14.3 Å². The van der Waals surface area contributed by atoms with Gasteiger partial charge in [-0.25, -0.2) is 0 Å². The summed E-state index contributed by atoms with van der Waals surface area (Å²) in [6.07, 6.45) is 9.22. The predicted molar refractivity (Wildman–Crippen MR) is 115 cm³/mol. The quantitative estimate of drug-likeness (QED) is 0.310. The van der Waals surface area contributed by atoms with Crippen LogP contribution in [-0.2, 0) is 4.79 Å². The van der Waals surface area contributed by atoms with Crippen LogP contribution in [0.2, 0.25) is 13.3 Å². The molecule has 0 fully saturated rings. The van der Waals surface area contributed by atoms with E-state index in [1.165, 1.54) is 51.8 Å². The molecule has 1 heterocycles. The number of hydrogen-bond donors (Lipinski definition) is 1. The number of benzene rings is 1. The molecule has 1 aliphatic rings. The monoisotopic (exact) mass is 481 g/mol. The van der Waals surface area contributed by atoms with Crippen LogP contribution in [0.25, 0.3) is 6.08 Å². The number of amides is 1. The molecule has 0 saturated carbocycles. The second-order valence-corrected chi connectivity index (χ2v) is 20.8. The minimum absolute atomic E-state index is 0.202. The molecule has 2 N–H and O–H groups in total. The Morgan fingerprint density at radius 3 is 2.07 bits per heavy atom. The van der Waals surface area contributed by atoms with Gasteiger partial charge in [0.2, 0.25) is 0 Å². The second kappa shape index (κ2) is 11.0. The molecule has 0 aliphatic carbocycles. The Morgan fingerprint density at radius 2 is 1.56 bits per heavy atom. The first-order chi connectivity index (χ1) is 13.1. The standard InChI is InChI=1S/C10H8NO3.3C4H9.Sn/c11-10(12)4-2-7-1-3-8-9(5-7)14-6-13-8;3*1-3-4-2;/h1-3,5H,6H2,(H2,11,12);3*1,3-4H2,2H3;. The molecule has 1 aromatic carbocycles. The summed E-state index contributed by atoms with van der Waals surface area (Å²) in [6.45, 7) is 6.98. The van der Waals surface area contributed by atoms with Crippen LogP contribution in [-0.4, -0.2) is 31.1 Å². The molecule has 0 spiro atoms. The number of rotatable bonds is 12. The molecule has 0 radical (unpaired) electrons. The van der Waals surface area contributed by atoms with Gasteiger partial charge in [-0.1, -0.05) is 0 Å². The maximum absolute atomic E-state index is 12.6. The van der Waals surface area contributed by atoms with Crippen LogP contribution in [0.15, 0.2) is 21.8 Å². The van der Waals surface area contributed by atoms with Crippen LogP contribution in [0.3, 0.4) is 0 Å². The zero-order valence-electron chi connectivity index (χ0n) is 17.2. The molecular formula is C22H35NO3Sn. The van der Waals surface area contributed by atoms with Gasteiger partial charge >= 0.3 is 169 Å². The number of primary amides is 1. The van der Waals surface area contributed by atoms with Gasteiger partial charge in [-0.3, -0.25) is 0 Å². The van der Waals surface area contributed by atoms with E-state index in [1.54, 1.807) is 0 Å². The average molecular weight is 480 g/mol. The van der Waals surface area contributed by atoms with Gasteiger partial charge in [0.05, 0.1) is 0 Å². The summed E-state index contributed by atoms with van der Waals surface area (Å²) < 4.78 is 15.6. The fourth-order valence-corrected chi connectivity index (χ4v) is 20.1. The Morgan fingerprint density at radius 1 is 1.00 bits per heavy atom. The van der Waals surface area contributed by atoms with Crippen molar-refractivity contribution in [3.8, 4) is 11.5 Å². The van der Waals surface area contributed by atoms with E-state index in [-0.39, 0.29) is 12.7 Å². The summed E-state index contributed by atoms with van der Waals surface area (Å²) in [4.78, 5) is 12.6. The summed E-state index contributed by atoms with van der Waals surface area (Å²) in [5.74, 6) is 1.32. The summed E-state index contributed by atoms with van der Waals surface area (Å²) in [5.41, 5.74) is 6.99. The normalized spacial score (nSPS) is 13.8. The number of ether oxygens (including phenoxy) is 2.